The Balaban J connectivity index is 2.63. The lowest BCUT2D eigenvalue weighted by Crippen LogP contribution is -2.53. The second-order valence-corrected chi connectivity index (χ2v) is 7.80. The van der Waals surface area contributed by atoms with Crippen LogP contribution in [0.4, 0.5) is 0 Å². The van der Waals surface area contributed by atoms with Crippen LogP contribution in [0, 0.1) is 11.3 Å². The summed E-state index contributed by atoms with van der Waals surface area (Å²) in [7, 11) is 0. The molecule has 20 heavy (non-hydrogen) atoms. The molecule has 3 nitrogen and oxygen atoms in total. The Morgan fingerprint density at radius 1 is 1.15 bits per heavy atom. The van der Waals surface area contributed by atoms with Gasteiger partial charge in [-0.1, -0.05) is 40.5 Å². The summed E-state index contributed by atoms with van der Waals surface area (Å²) in [6.45, 7) is 10.9. The number of nitrogens with one attached hydrogen (secondary N) is 1. The van der Waals surface area contributed by atoms with Gasteiger partial charge < -0.3 is 5.11 Å². The van der Waals surface area contributed by atoms with Crippen molar-refractivity contribution in [3.8, 4) is 0 Å². The summed E-state index contributed by atoms with van der Waals surface area (Å²) in [5.74, 6) is 0.0486. The molecule has 0 heterocycles. The van der Waals surface area contributed by atoms with Crippen LogP contribution in [0.2, 0.25) is 0 Å². The molecule has 0 amide bonds. The van der Waals surface area contributed by atoms with E-state index in [2.05, 4.69) is 26.1 Å². The van der Waals surface area contributed by atoms with E-state index in [1.807, 2.05) is 13.8 Å². The maximum atomic E-state index is 11.5. The lowest BCUT2D eigenvalue weighted by Gasteiger charge is -2.32. The van der Waals surface area contributed by atoms with E-state index >= 15 is 0 Å². The predicted molar refractivity (Wildman–Crippen MR) is 83.9 cm³/mol. The Morgan fingerprint density at radius 2 is 1.80 bits per heavy atom. The number of rotatable bonds is 5. The Labute approximate surface area is 124 Å². The van der Waals surface area contributed by atoms with Crippen molar-refractivity contribution in [2.45, 2.75) is 91.1 Å². The van der Waals surface area contributed by atoms with Crippen molar-refractivity contribution in [2.24, 2.45) is 11.3 Å². The molecule has 0 bridgehead atoms. The van der Waals surface area contributed by atoms with Crippen molar-refractivity contribution in [2.75, 3.05) is 0 Å². The zero-order valence-electron chi connectivity index (χ0n) is 14.0. The zero-order valence-corrected chi connectivity index (χ0v) is 14.0. The van der Waals surface area contributed by atoms with Crippen molar-refractivity contribution >= 4 is 5.97 Å². The first-order chi connectivity index (χ1) is 9.19. The topological polar surface area (TPSA) is 49.3 Å². The van der Waals surface area contributed by atoms with Gasteiger partial charge in [0.05, 0.1) is 0 Å². The Hall–Kier alpha value is -0.570. The van der Waals surface area contributed by atoms with Crippen LogP contribution in [0.5, 0.6) is 0 Å². The van der Waals surface area contributed by atoms with Crippen molar-refractivity contribution in [3.63, 3.8) is 0 Å². The molecule has 3 heteroatoms. The third-order valence-corrected chi connectivity index (χ3v) is 4.94. The molecule has 118 valence electrons. The Kier molecular flexibility index (Phi) is 6.06. The maximum absolute atomic E-state index is 11.5. The van der Waals surface area contributed by atoms with Crippen LogP contribution in [0.25, 0.3) is 0 Å². The molecule has 1 saturated carbocycles. The van der Waals surface area contributed by atoms with E-state index in [4.69, 9.17) is 0 Å². The van der Waals surface area contributed by atoms with Gasteiger partial charge in [-0.15, -0.1) is 0 Å². The summed E-state index contributed by atoms with van der Waals surface area (Å²) < 4.78 is 0. The van der Waals surface area contributed by atoms with Gasteiger partial charge in [0.1, 0.15) is 5.54 Å². The lowest BCUT2D eigenvalue weighted by molar-refractivity contribution is -0.145. The second kappa shape index (κ2) is 6.93. The van der Waals surface area contributed by atoms with Crippen LogP contribution >= 0.6 is 0 Å². The average Bonchev–Trinajstić information content (AvgIpc) is 2.54. The molecule has 0 aliphatic heterocycles. The van der Waals surface area contributed by atoms with Crippen LogP contribution in [0.15, 0.2) is 0 Å². The molecule has 1 aliphatic rings. The minimum absolute atomic E-state index is 0.356. The van der Waals surface area contributed by atoms with Crippen molar-refractivity contribution in [1.82, 2.24) is 5.32 Å². The fraction of sp³-hybridized carbons (Fsp3) is 0.941. The van der Waals surface area contributed by atoms with Gasteiger partial charge in [0.25, 0.3) is 0 Å². The third-order valence-electron chi connectivity index (χ3n) is 4.94. The molecule has 1 rings (SSSR count). The molecule has 0 saturated heterocycles. The zero-order chi connectivity index (χ0) is 15.4. The first-order valence-electron chi connectivity index (χ1n) is 8.20. The molecule has 1 aliphatic carbocycles. The van der Waals surface area contributed by atoms with Crippen molar-refractivity contribution in [3.05, 3.63) is 0 Å². The fourth-order valence-electron chi connectivity index (χ4n) is 3.50. The summed E-state index contributed by atoms with van der Waals surface area (Å²) in [5, 5.41) is 12.9. The molecule has 0 aromatic carbocycles. The highest BCUT2D eigenvalue weighted by molar-refractivity contribution is 5.78. The average molecular weight is 283 g/mol. The van der Waals surface area contributed by atoms with Crippen LogP contribution in [-0.2, 0) is 4.79 Å². The molecular formula is C17H33NO2. The minimum atomic E-state index is -0.763. The molecular weight excluding hydrogens is 250 g/mol. The number of carbonyl (C=O) groups is 1. The standard InChI is InChI=1S/C17H33NO2/c1-6-12-17(5,15(19)20)18-14-9-7-8-13(10-11-14)16(2,3)4/h13-14,18H,6-12H2,1-5H3,(H,19,20). The molecule has 3 unspecified atom stereocenters. The van der Waals surface area contributed by atoms with Gasteiger partial charge in [0.2, 0.25) is 0 Å². The molecule has 0 aromatic rings. The largest absolute Gasteiger partial charge is 0.480 e. The summed E-state index contributed by atoms with van der Waals surface area (Å²) in [4.78, 5) is 11.5. The summed E-state index contributed by atoms with van der Waals surface area (Å²) in [6.07, 6.45) is 7.51. The molecule has 1 fully saturated rings. The first-order valence-corrected chi connectivity index (χ1v) is 8.20. The van der Waals surface area contributed by atoms with Gasteiger partial charge >= 0.3 is 5.97 Å². The molecule has 0 spiro atoms. The van der Waals surface area contributed by atoms with Gasteiger partial charge in [-0.2, -0.15) is 0 Å². The van der Waals surface area contributed by atoms with Crippen molar-refractivity contribution in [1.29, 1.82) is 0 Å². The fourth-order valence-corrected chi connectivity index (χ4v) is 3.50. The van der Waals surface area contributed by atoms with E-state index in [9.17, 15) is 9.90 Å². The smallest absolute Gasteiger partial charge is 0.323 e. The predicted octanol–water partition coefficient (Wildman–Crippen LogP) is 4.21. The number of carboxylic acid groups (broad SMARTS) is 1. The monoisotopic (exact) mass is 283 g/mol. The summed E-state index contributed by atoms with van der Waals surface area (Å²) in [5.41, 5.74) is -0.393. The van der Waals surface area contributed by atoms with E-state index in [1.165, 1.54) is 19.3 Å². The highest BCUT2D eigenvalue weighted by Crippen LogP contribution is 2.37. The second-order valence-electron chi connectivity index (χ2n) is 7.80. The SMILES string of the molecule is CCCC(C)(NC1CCCC(C(C)(C)C)CC1)C(=O)O. The van der Waals surface area contributed by atoms with Gasteiger partial charge in [0.15, 0.2) is 0 Å². The van der Waals surface area contributed by atoms with Crippen LogP contribution < -0.4 is 5.32 Å². The summed E-state index contributed by atoms with van der Waals surface area (Å²) in [6, 6.07) is 0.356. The minimum Gasteiger partial charge on any atom is -0.480 e. The molecule has 0 radical (unpaired) electrons. The van der Waals surface area contributed by atoms with Gasteiger partial charge in [-0.3, -0.25) is 10.1 Å². The van der Waals surface area contributed by atoms with Crippen LogP contribution in [-0.4, -0.2) is 22.7 Å². The van der Waals surface area contributed by atoms with E-state index in [-0.39, 0.29) is 0 Å². The quantitative estimate of drug-likeness (QED) is 0.743. The maximum Gasteiger partial charge on any atom is 0.323 e. The van der Waals surface area contributed by atoms with Gasteiger partial charge in [-0.05, 0) is 50.4 Å². The Bertz CT molecular complexity index is 321. The Morgan fingerprint density at radius 3 is 2.30 bits per heavy atom. The van der Waals surface area contributed by atoms with E-state index in [0.717, 1.165) is 25.2 Å². The van der Waals surface area contributed by atoms with E-state index < -0.39 is 11.5 Å². The molecule has 2 N–H and O–H groups in total. The van der Waals surface area contributed by atoms with E-state index in [0.29, 0.717) is 17.9 Å². The highest BCUT2D eigenvalue weighted by Gasteiger charge is 2.35. The number of aliphatic carboxylic acids is 1. The summed E-state index contributed by atoms with van der Waals surface area (Å²) >= 11 is 0. The van der Waals surface area contributed by atoms with Crippen LogP contribution in [0.1, 0.15) is 79.6 Å². The third kappa shape index (κ3) is 4.76. The van der Waals surface area contributed by atoms with Crippen LogP contribution in [0.3, 0.4) is 0 Å². The van der Waals surface area contributed by atoms with Gasteiger partial charge in [0, 0.05) is 6.04 Å². The number of hydrogen-bond acceptors (Lipinski definition) is 2. The molecule has 0 aromatic heterocycles. The lowest BCUT2D eigenvalue weighted by atomic mass is 9.76. The molecule has 3 atom stereocenters. The number of carboxylic acids is 1. The van der Waals surface area contributed by atoms with E-state index in [1.54, 1.807) is 0 Å². The highest BCUT2D eigenvalue weighted by atomic mass is 16.4. The first kappa shape index (κ1) is 17.5. The van der Waals surface area contributed by atoms with Gasteiger partial charge in [-0.25, -0.2) is 0 Å². The normalized spacial score (nSPS) is 27.6. The number of hydrogen-bond donors (Lipinski definition) is 2. The van der Waals surface area contributed by atoms with Crippen molar-refractivity contribution < 1.29 is 9.90 Å².